The van der Waals surface area contributed by atoms with Gasteiger partial charge < -0.3 is 20.0 Å². The fraction of sp³-hybridized carbons (Fsp3) is 0.250. The summed E-state index contributed by atoms with van der Waals surface area (Å²) in [5.41, 5.74) is 0.162. The Bertz CT molecular complexity index is 1170. The van der Waals surface area contributed by atoms with Crippen LogP contribution in [0.15, 0.2) is 59.5 Å². The van der Waals surface area contributed by atoms with Crippen molar-refractivity contribution in [2.75, 3.05) is 27.2 Å². The zero-order chi connectivity index (χ0) is 22.1. The summed E-state index contributed by atoms with van der Waals surface area (Å²) in [5.74, 6) is -1.82. The smallest absolute Gasteiger partial charge is 0.295 e. The standard InChI is InChI=1S/C24H24N2O4S/c1-25(2)12-6-13-26-20(18-9-5-14-31-18)19(23(29)24(26)30)22(28)17-11-10-15-7-3-4-8-16(15)21(17)27/h3-5,7-11,14,20,27-28H,6,12-13H2,1-2H3/t20-/m0/s1. The molecule has 7 heteroatoms. The lowest BCUT2D eigenvalue weighted by Gasteiger charge is -2.24. The molecule has 2 heterocycles. The summed E-state index contributed by atoms with van der Waals surface area (Å²) in [6, 6.07) is 13.6. The molecule has 0 unspecified atom stereocenters. The summed E-state index contributed by atoms with van der Waals surface area (Å²) < 4.78 is 0. The minimum atomic E-state index is -0.728. The molecule has 2 aromatic carbocycles. The number of phenols is 1. The number of aliphatic hydroxyl groups is 1. The van der Waals surface area contributed by atoms with Gasteiger partial charge in [-0.15, -0.1) is 11.3 Å². The van der Waals surface area contributed by atoms with Crippen LogP contribution in [0.5, 0.6) is 5.75 Å². The molecule has 0 bridgehead atoms. The van der Waals surface area contributed by atoms with E-state index in [0.29, 0.717) is 18.4 Å². The van der Waals surface area contributed by atoms with Crippen LogP contribution in [-0.4, -0.2) is 58.9 Å². The predicted octanol–water partition coefficient (Wildman–Crippen LogP) is 3.98. The van der Waals surface area contributed by atoms with Gasteiger partial charge in [-0.05, 0) is 50.0 Å². The zero-order valence-electron chi connectivity index (χ0n) is 17.4. The maximum atomic E-state index is 13.0. The third-order valence-electron chi connectivity index (χ3n) is 5.51. The van der Waals surface area contributed by atoms with Crippen LogP contribution in [0.4, 0.5) is 0 Å². The second-order valence-electron chi connectivity index (χ2n) is 7.85. The van der Waals surface area contributed by atoms with E-state index in [1.165, 1.54) is 16.2 Å². The van der Waals surface area contributed by atoms with Crippen molar-refractivity contribution in [3.63, 3.8) is 0 Å². The van der Waals surface area contributed by atoms with Crippen molar-refractivity contribution in [1.82, 2.24) is 9.80 Å². The van der Waals surface area contributed by atoms with Gasteiger partial charge in [-0.1, -0.05) is 36.4 Å². The number of thiophene rings is 1. The first-order chi connectivity index (χ1) is 14.9. The van der Waals surface area contributed by atoms with E-state index in [0.717, 1.165) is 16.8 Å². The fourth-order valence-electron chi connectivity index (χ4n) is 4.00. The first kappa shape index (κ1) is 21.1. The highest BCUT2D eigenvalue weighted by Gasteiger charge is 2.46. The molecule has 1 aliphatic rings. The number of aromatic hydroxyl groups is 1. The van der Waals surface area contributed by atoms with Crippen LogP contribution in [0.1, 0.15) is 22.9 Å². The molecule has 31 heavy (non-hydrogen) atoms. The van der Waals surface area contributed by atoms with Gasteiger partial charge in [-0.2, -0.15) is 0 Å². The first-order valence-electron chi connectivity index (χ1n) is 10.1. The van der Waals surface area contributed by atoms with Gasteiger partial charge in [0.25, 0.3) is 11.7 Å². The highest BCUT2D eigenvalue weighted by atomic mass is 32.1. The molecule has 160 valence electrons. The van der Waals surface area contributed by atoms with Gasteiger partial charge in [0.1, 0.15) is 11.5 Å². The molecule has 6 nitrogen and oxygen atoms in total. The SMILES string of the molecule is CN(C)CCCN1C(=O)C(=O)C(=C(O)c2ccc3ccccc3c2O)[C@@H]1c1cccs1. The Morgan fingerprint density at radius 2 is 1.87 bits per heavy atom. The van der Waals surface area contributed by atoms with E-state index in [1.54, 1.807) is 24.3 Å². The van der Waals surface area contributed by atoms with E-state index in [-0.39, 0.29) is 22.6 Å². The van der Waals surface area contributed by atoms with Gasteiger partial charge in [0.15, 0.2) is 0 Å². The number of amides is 1. The van der Waals surface area contributed by atoms with Gasteiger partial charge in [-0.3, -0.25) is 9.59 Å². The average molecular weight is 437 g/mol. The van der Waals surface area contributed by atoms with Crippen molar-refractivity contribution in [2.24, 2.45) is 0 Å². The van der Waals surface area contributed by atoms with E-state index in [1.807, 2.05) is 48.6 Å². The maximum Gasteiger partial charge on any atom is 0.295 e. The molecule has 1 aliphatic heterocycles. The summed E-state index contributed by atoms with van der Waals surface area (Å²) in [6.07, 6.45) is 0.698. The molecule has 0 spiro atoms. The number of benzene rings is 2. The third-order valence-corrected chi connectivity index (χ3v) is 6.44. The molecule has 2 N–H and O–H groups in total. The van der Waals surface area contributed by atoms with Crippen LogP contribution < -0.4 is 0 Å². The lowest BCUT2D eigenvalue weighted by molar-refractivity contribution is -0.139. The number of carbonyl (C=O) groups is 2. The number of ketones is 1. The topological polar surface area (TPSA) is 81.1 Å². The van der Waals surface area contributed by atoms with Crippen LogP contribution in [0.2, 0.25) is 0 Å². The zero-order valence-corrected chi connectivity index (χ0v) is 18.2. The predicted molar refractivity (Wildman–Crippen MR) is 122 cm³/mol. The van der Waals surface area contributed by atoms with E-state index < -0.39 is 17.7 Å². The number of phenolic OH excluding ortho intramolecular Hbond substituents is 1. The van der Waals surface area contributed by atoms with Crippen LogP contribution in [0, 0.1) is 0 Å². The minimum absolute atomic E-state index is 0.0166. The Balaban J connectivity index is 1.83. The van der Waals surface area contributed by atoms with Crippen molar-refractivity contribution in [2.45, 2.75) is 12.5 Å². The Morgan fingerprint density at radius 1 is 1.10 bits per heavy atom. The quantitative estimate of drug-likeness (QED) is 0.347. The van der Waals surface area contributed by atoms with Gasteiger partial charge >= 0.3 is 0 Å². The van der Waals surface area contributed by atoms with Crippen LogP contribution in [0.3, 0.4) is 0 Å². The Hall–Kier alpha value is -3.16. The normalized spacial score (nSPS) is 18.4. The number of fused-ring (bicyclic) bond motifs is 1. The molecule has 1 saturated heterocycles. The van der Waals surface area contributed by atoms with E-state index in [9.17, 15) is 19.8 Å². The number of nitrogens with zero attached hydrogens (tertiary/aromatic N) is 2. The van der Waals surface area contributed by atoms with E-state index in [4.69, 9.17) is 0 Å². The molecule has 1 atom stereocenters. The average Bonchev–Trinajstić information content (AvgIpc) is 3.36. The summed E-state index contributed by atoms with van der Waals surface area (Å²) in [6.45, 7) is 1.16. The Labute approximate surface area is 184 Å². The highest BCUT2D eigenvalue weighted by molar-refractivity contribution is 7.10. The summed E-state index contributed by atoms with van der Waals surface area (Å²) in [5, 5.41) is 25.2. The molecule has 0 radical (unpaired) electrons. The number of hydrogen-bond acceptors (Lipinski definition) is 6. The van der Waals surface area contributed by atoms with Gasteiger partial charge in [0.05, 0.1) is 17.2 Å². The van der Waals surface area contributed by atoms with Crippen LogP contribution in [-0.2, 0) is 9.59 Å². The Kier molecular flexibility index (Phi) is 5.80. The van der Waals surface area contributed by atoms with Gasteiger partial charge in [0.2, 0.25) is 0 Å². The second-order valence-corrected chi connectivity index (χ2v) is 8.83. The lowest BCUT2D eigenvalue weighted by atomic mass is 9.97. The Morgan fingerprint density at radius 3 is 2.58 bits per heavy atom. The molecule has 1 fully saturated rings. The largest absolute Gasteiger partial charge is 0.507 e. The van der Waals surface area contributed by atoms with Crippen molar-refractivity contribution >= 4 is 39.6 Å². The molecule has 3 aromatic rings. The number of aliphatic hydroxyl groups excluding tert-OH is 1. The lowest BCUT2D eigenvalue weighted by Crippen LogP contribution is -2.32. The van der Waals surface area contributed by atoms with Crippen LogP contribution >= 0.6 is 11.3 Å². The molecule has 4 rings (SSSR count). The summed E-state index contributed by atoms with van der Waals surface area (Å²) in [4.78, 5) is 30.2. The van der Waals surface area contributed by atoms with Crippen LogP contribution in [0.25, 0.3) is 16.5 Å². The third kappa shape index (κ3) is 3.82. The number of hydrogen-bond donors (Lipinski definition) is 2. The van der Waals surface area contributed by atoms with Crippen molar-refractivity contribution in [1.29, 1.82) is 0 Å². The van der Waals surface area contributed by atoms with E-state index in [2.05, 4.69) is 0 Å². The van der Waals surface area contributed by atoms with E-state index >= 15 is 0 Å². The molecular formula is C24H24N2O4S. The number of Topliss-reactive ketones (excluding diaryl/α,β-unsaturated/α-hetero) is 1. The minimum Gasteiger partial charge on any atom is -0.507 e. The molecule has 0 saturated carbocycles. The fourth-order valence-corrected chi connectivity index (χ4v) is 4.85. The number of likely N-dealkylation sites (tertiary alicyclic amines) is 1. The van der Waals surface area contributed by atoms with Crippen molar-refractivity contribution in [3.8, 4) is 5.75 Å². The summed E-state index contributed by atoms with van der Waals surface area (Å²) >= 11 is 1.43. The van der Waals surface area contributed by atoms with Crippen molar-refractivity contribution < 1.29 is 19.8 Å². The van der Waals surface area contributed by atoms with Crippen molar-refractivity contribution in [3.05, 3.63) is 69.9 Å². The first-order valence-corrected chi connectivity index (χ1v) is 11.0. The maximum absolute atomic E-state index is 13.0. The second kappa shape index (κ2) is 8.53. The number of carbonyl (C=O) groups excluding carboxylic acids is 2. The van der Waals surface area contributed by atoms with Gasteiger partial charge in [0, 0.05) is 16.8 Å². The molecule has 1 amide bonds. The monoisotopic (exact) mass is 436 g/mol. The number of rotatable bonds is 6. The highest BCUT2D eigenvalue weighted by Crippen LogP contribution is 2.43. The van der Waals surface area contributed by atoms with Gasteiger partial charge in [-0.25, -0.2) is 0 Å². The molecular weight excluding hydrogens is 412 g/mol. The molecule has 1 aromatic heterocycles. The molecule has 0 aliphatic carbocycles. The summed E-state index contributed by atoms with van der Waals surface area (Å²) in [7, 11) is 3.90.